The molecule has 1 aromatic rings. The Bertz CT molecular complexity index is 296. The Morgan fingerprint density at radius 2 is 2.07 bits per heavy atom. The van der Waals surface area contributed by atoms with Crippen molar-refractivity contribution < 1.29 is 4.74 Å². The van der Waals surface area contributed by atoms with E-state index in [4.69, 9.17) is 16.3 Å². The predicted octanol–water partition coefficient (Wildman–Crippen LogP) is 3.89. The van der Waals surface area contributed by atoms with Crippen LogP contribution in [0.1, 0.15) is 25.8 Å². The van der Waals surface area contributed by atoms with Gasteiger partial charge in [-0.15, -0.1) is 11.6 Å². The van der Waals surface area contributed by atoms with Gasteiger partial charge in [0.1, 0.15) is 5.75 Å². The van der Waals surface area contributed by atoms with Gasteiger partial charge in [0.25, 0.3) is 0 Å². The Labute approximate surface area is 97.4 Å². The van der Waals surface area contributed by atoms with Crippen molar-refractivity contribution in [3.8, 4) is 5.75 Å². The summed E-state index contributed by atoms with van der Waals surface area (Å²) in [5.41, 5.74) is 1.25. The quantitative estimate of drug-likeness (QED) is 0.693. The molecule has 0 radical (unpaired) electrons. The number of hydrogen-bond donors (Lipinski definition) is 0. The molecule has 0 bridgehead atoms. The van der Waals surface area contributed by atoms with Crippen LogP contribution < -0.4 is 4.74 Å². The minimum absolute atomic E-state index is 0.220. The van der Waals surface area contributed by atoms with Crippen molar-refractivity contribution in [2.45, 2.75) is 32.1 Å². The molecule has 84 valence electrons. The van der Waals surface area contributed by atoms with E-state index >= 15 is 0 Å². The monoisotopic (exact) mass is 226 g/mol. The Morgan fingerprint density at radius 1 is 1.33 bits per heavy atom. The molecule has 0 saturated carbocycles. The van der Waals surface area contributed by atoms with Gasteiger partial charge in [0.05, 0.1) is 7.11 Å². The molecule has 0 aliphatic carbocycles. The first-order valence-corrected chi connectivity index (χ1v) is 5.82. The first-order valence-electron chi connectivity index (χ1n) is 5.38. The highest BCUT2D eigenvalue weighted by atomic mass is 35.5. The van der Waals surface area contributed by atoms with Crippen LogP contribution in [0.3, 0.4) is 0 Å². The zero-order chi connectivity index (χ0) is 11.3. The van der Waals surface area contributed by atoms with Gasteiger partial charge in [0.2, 0.25) is 0 Å². The largest absolute Gasteiger partial charge is 0.497 e. The normalized spacial score (nSPS) is 12.9. The summed E-state index contributed by atoms with van der Waals surface area (Å²) in [5, 5.41) is 0.220. The smallest absolute Gasteiger partial charge is 0.119 e. The Kier molecular flexibility index (Phi) is 4.97. The first kappa shape index (κ1) is 12.4. The topological polar surface area (TPSA) is 9.23 Å². The maximum Gasteiger partial charge on any atom is 0.119 e. The van der Waals surface area contributed by atoms with E-state index in [2.05, 4.69) is 26.0 Å². The number of benzene rings is 1. The molecule has 0 aliphatic rings. The van der Waals surface area contributed by atoms with Crippen LogP contribution in [0.15, 0.2) is 24.3 Å². The van der Waals surface area contributed by atoms with E-state index in [-0.39, 0.29) is 5.38 Å². The van der Waals surface area contributed by atoms with Crippen molar-refractivity contribution in [1.29, 1.82) is 0 Å². The van der Waals surface area contributed by atoms with Gasteiger partial charge in [-0.3, -0.25) is 0 Å². The summed E-state index contributed by atoms with van der Waals surface area (Å²) in [6.07, 6.45) is 1.97. The number of halogens is 1. The van der Waals surface area contributed by atoms with Crippen molar-refractivity contribution in [1.82, 2.24) is 0 Å². The average Bonchev–Trinajstić information content (AvgIpc) is 2.16. The van der Waals surface area contributed by atoms with E-state index in [1.54, 1.807) is 7.11 Å². The third kappa shape index (κ3) is 4.57. The standard InChI is InChI=1S/C13H19ClO/c1-10(2)7-12(14)8-11-5-4-6-13(9-11)15-3/h4-6,9-10,12H,7-8H2,1-3H3. The lowest BCUT2D eigenvalue weighted by Gasteiger charge is -2.12. The van der Waals surface area contributed by atoms with E-state index in [1.165, 1.54) is 5.56 Å². The van der Waals surface area contributed by atoms with E-state index < -0.39 is 0 Å². The maximum atomic E-state index is 6.27. The summed E-state index contributed by atoms with van der Waals surface area (Å²) in [6.45, 7) is 4.39. The molecule has 0 aromatic heterocycles. The summed E-state index contributed by atoms with van der Waals surface area (Å²) < 4.78 is 5.17. The second kappa shape index (κ2) is 6.02. The fourth-order valence-electron chi connectivity index (χ4n) is 1.65. The second-order valence-electron chi connectivity index (χ2n) is 4.28. The van der Waals surface area contributed by atoms with Crippen molar-refractivity contribution in [2.24, 2.45) is 5.92 Å². The number of methoxy groups -OCH3 is 1. The maximum absolute atomic E-state index is 6.27. The Balaban J connectivity index is 2.55. The zero-order valence-corrected chi connectivity index (χ0v) is 10.4. The van der Waals surface area contributed by atoms with Gasteiger partial charge in [0.15, 0.2) is 0 Å². The number of rotatable bonds is 5. The number of alkyl halides is 1. The summed E-state index contributed by atoms with van der Waals surface area (Å²) in [4.78, 5) is 0. The third-order valence-corrected chi connectivity index (χ3v) is 2.65. The highest BCUT2D eigenvalue weighted by molar-refractivity contribution is 6.20. The number of ether oxygens (including phenoxy) is 1. The van der Waals surface area contributed by atoms with Crippen LogP contribution in [0, 0.1) is 5.92 Å². The van der Waals surface area contributed by atoms with Crippen molar-refractivity contribution in [3.05, 3.63) is 29.8 Å². The molecule has 0 spiro atoms. The van der Waals surface area contributed by atoms with E-state index in [1.807, 2.05) is 12.1 Å². The van der Waals surface area contributed by atoms with Gasteiger partial charge >= 0.3 is 0 Å². The fourth-order valence-corrected chi connectivity index (χ4v) is 2.18. The van der Waals surface area contributed by atoms with Crippen LogP contribution in [-0.2, 0) is 6.42 Å². The summed E-state index contributed by atoms with van der Waals surface area (Å²) in [5.74, 6) is 1.55. The van der Waals surface area contributed by atoms with Gasteiger partial charge in [-0.25, -0.2) is 0 Å². The lowest BCUT2D eigenvalue weighted by molar-refractivity contribution is 0.414. The average molecular weight is 227 g/mol. The van der Waals surface area contributed by atoms with Crippen LogP contribution in [0.25, 0.3) is 0 Å². The van der Waals surface area contributed by atoms with E-state index in [9.17, 15) is 0 Å². The molecule has 0 saturated heterocycles. The van der Waals surface area contributed by atoms with Crippen LogP contribution in [0.5, 0.6) is 5.75 Å². The molecule has 0 amide bonds. The Hall–Kier alpha value is -0.690. The van der Waals surface area contributed by atoms with Crippen LogP contribution in [0.4, 0.5) is 0 Å². The Morgan fingerprint density at radius 3 is 2.67 bits per heavy atom. The van der Waals surface area contributed by atoms with E-state index in [0.29, 0.717) is 5.92 Å². The lowest BCUT2D eigenvalue weighted by Crippen LogP contribution is -2.07. The van der Waals surface area contributed by atoms with Gasteiger partial charge < -0.3 is 4.74 Å². The fraction of sp³-hybridized carbons (Fsp3) is 0.538. The van der Waals surface area contributed by atoms with Crippen LogP contribution in [0.2, 0.25) is 0 Å². The molecule has 1 rings (SSSR count). The highest BCUT2D eigenvalue weighted by Gasteiger charge is 2.08. The molecule has 0 N–H and O–H groups in total. The molecule has 1 atom stereocenters. The second-order valence-corrected chi connectivity index (χ2v) is 4.90. The lowest BCUT2D eigenvalue weighted by atomic mass is 10.0. The van der Waals surface area contributed by atoms with Gasteiger partial charge in [-0.2, -0.15) is 0 Å². The van der Waals surface area contributed by atoms with Crippen LogP contribution in [-0.4, -0.2) is 12.5 Å². The van der Waals surface area contributed by atoms with Crippen molar-refractivity contribution in [3.63, 3.8) is 0 Å². The van der Waals surface area contributed by atoms with Crippen LogP contribution >= 0.6 is 11.6 Å². The van der Waals surface area contributed by atoms with Gasteiger partial charge in [0, 0.05) is 5.38 Å². The molecule has 15 heavy (non-hydrogen) atoms. The van der Waals surface area contributed by atoms with Gasteiger partial charge in [-0.05, 0) is 36.5 Å². The molecule has 1 unspecified atom stereocenters. The number of hydrogen-bond acceptors (Lipinski definition) is 1. The molecule has 2 heteroatoms. The summed E-state index contributed by atoms with van der Waals surface area (Å²) in [6, 6.07) is 8.11. The first-order chi connectivity index (χ1) is 7.11. The molecule has 0 aliphatic heterocycles. The summed E-state index contributed by atoms with van der Waals surface area (Å²) >= 11 is 6.27. The minimum atomic E-state index is 0.220. The SMILES string of the molecule is COc1cccc(CC(Cl)CC(C)C)c1. The highest BCUT2D eigenvalue weighted by Crippen LogP contribution is 2.19. The van der Waals surface area contributed by atoms with Gasteiger partial charge in [-0.1, -0.05) is 26.0 Å². The molecular formula is C13H19ClO. The van der Waals surface area contributed by atoms with Crippen molar-refractivity contribution in [2.75, 3.05) is 7.11 Å². The third-order valence-electron chi connectivity index (χ3n) is 2.32. The molecule has 0 fully saturated rings. The molecule has 1 aromatic carbocycles. The predicted molar refractivity (Wildman–Crippen MR) is 65.8 cm³/mol. The van der Waals surface area contributed by atoms with Crippen molar-refractivity contribution >= 4 is 11.6 Å². The minimum Gasteiger partial charge on any atom is -0.497 e. The molecule has 1 nitrogen and oxygen atoms in total. The zero-order valence-electron chi connectivity index (χ0n) is 9.66. The molecule has 0 heterocycles. The van der Waals surface area contributed by atoms with E-state index in [0.717, 1.165) is 18.6 Å². The molecular weight excluding hydrogens is 208 g/mol. The summed E-state index contributed by atoms with van der Waals surface area (Å²) in [7, 11) is 1.69.